The second-order valence-electron chi connectivity index (χ2n) is 6.23. The number of rotatable bonds is 6. The van der Waals surface area contributed by atoms with E-state index in [1.165, 1.54) is 0 Å². The van der Waals surface area contributed by atoms with Gasteiger partial charge in [0.15, 0.2) is 0 Å². The van der Waals surface area contributed by atoms with Crippen molar-refractivity contribution in [3.63, 3.8) is 0 Å². The van der Waals surface area contributed by atoms with E-state index >= 15 is 0 Å². The molecule has 1 atom stereocenters. The topological polar surface area (TPSA) is 58.3 Å². The van der Waals surface area contributed by atoms with Crippen molar-refractivity contribution < 1.29 is 9.52 Å². The third kappa shape index (κ3) is 3.91. The summed E-state index contributed by atoms with van der Waals surface area (Å²) in [5.41, 5.74) is 2.35. The first kappa shape index (κ1) is 16.4. The van der Waals surface area contributed by atoms with Gasteiger partial charge in [-0.25, -0.2) is 0 Å². The van der Waals surface area contributed by atoms with Crippen LogP contribution in [0.15, 0.2) is 65.3 Å². The van der Waals surface area contributed by atoms with Crippen LogP contribution < -0.4 is 5.32 Å². The largest absolute Gasteiger partial charge is 0.463 e. The summed E-state index contributed by atoms with van der Waals surface area (Å²) in [5.74, 6) is 1.38. The van der Waals surface area contributed by atoms with Gasteiger partial charge in [-0.3, -0.25) is 4.98 Å². The number of furan rings is 1. The number of pyridine rings is 1. The van der Waals surface area contributed by atoms with Gasteiger partial charge in [-0.2, -0.15) is 0 Å². The van der Waals surface area contributed by atoms with Crippen molar-refractivity contribution in [3.05, 3.63) is 78.0 Å². The Morgan fingerprint density at radius 1 is 1.12 bits per heavy atom. The Kier molecular flexibility index (Phi) is 4.79. The van der Waals surface area contributed by atoms with Crippen molar-refractivity contribution in [1.82, 2.24) is 10.3 Å². The third-order valence-corrected chi connectivity index (χ3v) is 3.99. The molecule has 3 aromatic rings. The lowest BCUT2D eigenvalue weighted by Crippen LogP contribution is -2.34. The molecule has 2 aromatic heterocycles. The first-order chi connectivity index (χ1) is 11.5. The minimum atomic E-state index is -1.03. The van der Waals surface area contributed by atoms with Crippen molar-refractivity contribution in [1.29, 1.82) is 0 Å². The van der Waals surface area contributed by atoms with Crippen LogP contribution in [0.4, 0.5) is 0 Å². The Morgan fingerprint density at radius 3 is 2.67 bits per heavy atom. The van der Waals surface area contributed by atoms with Crippen molar-refractivity contribution >= 4 is 0 Å². The van der Waals surface area contributed by atoms with Crippen LogP contribution in [-0.2, 0) is 12.1 Å². The van der Waals surface area contributed by atoms with Gasteiger partial charge >= 0.3 is 0 Å². The number of aromatic nitrogens is 1. The van der Waals surface area contributed by atoms with Crippen LogP contribution in [0.1, 0.15) is 24.0 Å². The molecule has 2 heterocycles. The number of hydrogen-bond acceptors (Lipinski definition) is 4. The monoisotopic (exact) mass is 322 g/mol. The van der Waals surface area contributed by atoms with Gasteiger partial charge < -0.3 is 14.8 Å². The summed E-state index contributed by atoms with van der Waals surface area (Å²) in [6, 6.07) is 16.0. The summed E-state index contributed by atoms with van der Waals surface area (Å²) in [6.45, 7) is 4.71. The van der Waals surface area contributed by atoms with Crippen LogP contribution >= 0.6 is 0 Å². The van der Waals surface area contributed by atoms with E-state index in [0.29, 0.717) is 18.8 Å². The smallest absolute Gasteiger partial charge is 0.136 e. The Morgan fingerprint density at radius 2 is 1.96 bits per heavy atom. The SMILES string of the molecule is Cc1ccc(C(C)(O)CNCc2cccc(-c3cccnc3)c2)o1. The van der Waals surface area contributed by atoms with Gasteiger partial charge in [-0.05, 0) is 54.8 Å². The van der Waals surface area contributed by atoms with Crippen LogP contribution in [-0.4, -0.2) is 16.6 Å². The van der Waals surface area contributed by atoms with E-state index < -0.39 is 5.60 Å². The molecule has 0 saturated carbocycles. The molecule has 1 unspecified atom stereocenters. The van der Waals surface area contributed by atoms with Gasteiger partial charge in [0.2, 0.25) is 0 Å². The minimum Gasteiger partial charge on any atom is -0.463 e. The van der Waals surface area contributed by atoms with Crippen molar-refractivity contribution in [2.45, 2.75) is 26.0 Å². The van der Waals surface area contributed by atoms with Crippen LogP contribution in [0.25, 0.3) is 11.1 Å². The second-order valence-corrected chi connectivity index (χ2v) is 6.23. The number of hydrogen-bond donors (Lipinski definition) is 2. The quantitative estimate of drug-likeness (QED) is 0.727. The van der Waals surface area contributed by atoms with Crippen LogP contribution in [0.5, 0.6) is 0 Å². The Labute approximate surface area is 142 Å². The summed E-state index contributed by atoms with van der Waals surface area (Å²) in [7, 11) is 0. The zero-order chi connectivity index (χ0) is 17.0. The molecule has 0 bridgehead atoms. The maximum atomic E-state index is 10.5. The zero-order valence-corrected chi connectivity index (χ0v) is 14.0. The molecular weight excluding hydrogens is 300 g/mol. The average Bonchev–Trinajstić information content (AvgIpc) is 3.03. The summed E-state index contributed by atoms with van der Waals surface area (Å²) in [4.78, 5) is 4.16. The molecule has 3 rings (SSSR count). The van der Waals surface area contributed by atoms with E-state index in [4.69, 9.17) is 4.42 Å². The summed E-state index contributed by atoms with van der Waals surface area (Å²) in [5, 5.41) is 13.8. The standard InChI is InChI=1S/C20H22N2O2/c1-15-8-9-19(24-15)20(2,23)14-22-12-16-5-3-6-17(11-16)18-7-4-10-21-13-18/h3-11,13,22-23H,12,14H2,1-2H3. The number of nitrogens with one attached hydrogen (secondary N) is 1. The molecule has 4 heteroatoms. The number of aliphatic hydroxyl groups is 1. The molecule has 4 nitrogen and oxygen atoms in total. The zero-order valence-electron chi connectivity index (χ0n) is 14.0. The molecule has 0 aliphatic heterocycles. The molecule has 1 aromatic carbocycles. The van der Waals surface area contributed by atoms with E-state index in [1.54, 1.807) is 13.1 Å². The number of nitrogens with zero attached hydrogens (tertiary/aromatic N) is 1. The predicted octanol–water partition coefficient (Wildman–Crippen LogP) is 3.65. The minimum absolute atomic E-state index is 0.414. The highest BCUT2D eigenvalue weighted by Gasteiger charge is 2.26. The Balaban J connectivity index is 1.63. The lowest BCUT2D eigenvalue weighted by atomic mass is 10.0. The maximum absolute atomic E-state index is 10.5. The van der Waals surface area contributed by atoms with Gasteiger partial charge in [-0.15, -0.1) is 0 Å². The Hall–Kier alpha value is -2.43. The van der Waals surface area contributed by atoms with E-state index in [-0.39, 0.29) is 0 Å². The molecule has 0 aliphatic carbocycles. The molecule has 0 saturated heterocycles. The highest BCUT2D eigenvalue weighted by atomic mass is 16.4. The highest BCUT2D eigenvalue weighted by molar-refractivity contribution is 5.62. The fraction of sp³-hybridized carbons (Fsp3) is 0.250. The van der Waals surface area contributed by atoms with Crippen LogP contribution in [0, 0.1) is 6.92 Å². The second kappa shape index (κ2) is 6.99. The molecule has 0 radical (unpaired) electrons. The third-order valence-electron chi connectivity index (χ3n) is 3.99. The number of aryl methyl sites for hydroxylation is 1. The normalized spacial score (nSPS) is 13.6. The van der Waals surface area contributed by atoms with E-state index in [2.05, 4.69) is 28.5 Å². The lowest BCUT2D eigenvalue weighted by molar-refractivity contribution is 0.0333. The van der Waals surface area contributed by atoms with Crippen LogP contribution in [0.2, 0.25) is 0 Å². The molecule has 2 N–H and O–H groups in total. The molecule has 0 aliphatic rings. The van der Waals surface area contributed by atoms with Gasteiger partial charge in [0.1, 0.15) is 17.1 Å². The van der Waals surface area contributed by atoms with Crippen molar-refractivity contribution in [3.8, 4) is 11.1 Å². The fourth-order valence-electron chi connectivity index (χ4n) is 2.66. The molecule has 0 fully saturated rings. The van der Waals surface area contributed by atoms with Gasteiger partial charge in [0.25, 0.3) is 0 Å². The fourth-order valence-corrected chi connectivity index (χ4v) is 2.66. The molecule has 0 spiro atoms. The number of benzene rings is 1. The molecule has 24 heavy (non-hydrogen) atoms. The van der Waals surface area contributed by atoms with E-state index in [9.17, 15) is 5.11 Å². The summed E-state index contributed by atoms with van der Waals surface area (Å²) >= 11 is 0. The van der Waals surface area contributed by atoms with Crippen LogP contribution in [0.3, 0.4) is 0 Å². The first-order valence-corrected chi connectivity index (χ1v) is 8.04. The van der Waals surface area contributed by atoms with Crippen molar-refractivity contribution in [2.75, 3.05) is 6.54 Å². The predicted molar refractivity (Wildman–Crippen MR) is 94.4 cm³/mol. The lowest BCUT2D eigenvalue weighted by Gasteiger charge is -2.21. The van der Waals surface area contributed by atoms with Gasteiger partial charge in [0, 0.05) is 25.5 Å². The van der Waals surface area contributed by atoms with Gasteiger partial charge in [-0.1, -0.05) is 24.3 Å². The van der Waals surface area contributed by atoms with Crippen molar-refractivity contribution in [2.24, 2.45) is 0 Å². The summed E-state index contributed by atoms with van der Waals surface area (Å²) in [6.07, 6.45) is 3.63. The van der Waals surface area contributed by atoms with E-state index in [0.717, 1.165) is 22.5 Å². The van der Waals surface area contributed by atoms with E-state index in [1.807, 2.05) is 43.5 Å². The molecule has 124 valence electrons. The highest BCUT2D eigenvalue weighted by Crippen LogP contribution is 2.22. The average molecular weight is 322 g/mol. The first-order valence-electron chi connectivity index (χ1n) is 8.04. The summed E-state index contributed by atoms with van der Waals surface area (Å²) < 4.78 is 5.53. The molecular formula is C20H22N2O2. The Bertz CT molecular complexity index is 794. The molecule has 0 amide bonds. The van der Waals surface area contributed by atoms with Gasteiger partial charge in [0.05, 0.1) is 0 Å². The maximum Gasteiger partial charge on any atom is 0.136 e.